The van der Waals surface area contributed by atoms with Crippen molar-refractivity contribution in [2.75, 3.05) is 20.2 Å². The predicted octanol–water partition coefficient (Wildman–Crippen LogP) is 1.30. The number of rotatable bonds is 9. The Morgan fingerprint density at radius 2 is 2.35 bits per heavy atom. The molecular formula is C12H23N3O2. The Hall–Kier alpha value is -0.910. The second-order valence-electron chi connectivity index (χ2n) is 4.20. The minimum absolute atomic E-state index is 0.420. The lowest BCUT2D eigenvalue weighted by molar-refractivity contribution is 0.155. The standard InChI is InChI=1S/C12H23N3O2/c1-4-5-13-7-10(2)14-8-11-6-12(9-16-3)17-15-11/h6,10,13-14H,4-5,7-9H2,1-3H3. The van der Waals surface area contributed by atoms with Crippen molar-refractivity contribution in [3.63, 3.8) is 0 Å². The van der Waals surface area contributed by atoms with Gasteiger partial charge in [-0.25, -0.2) is 0 Å². The lowest BCUT2D eigenvalue weighted by atomic mass is 10.3. The van der Waals surface area contributed by atoms with Gasteiger partial charge in [-0.1, -0.05) is 12.1 Å². The van der Waals surface area contributed by atoms with E-state index in [2.05, 4.69) is 29.6 Å². The molecule has 0 aliphatic rings. The Bertz CT molecular complexity index is 302. The molecule has 98 valence electrons. The summed E-state index contributed by atoms with van der Waals surface area (Å²) in [4.78, 5) is 0. The van der Waals surface area contributed by atoms with E-state index in [1.54, 1.807) is 7.11 Å². The zero-order chi connectivity index (χ0) is 12.5. The van der Waals surface area contributed by atoms with Gasteiger partial charge in [-0.15, -0.1) is 0 Å². The smallest absolute Gasteiger partial charge is 0.162 e. The van der Waals surface area contributed by atoms with Gasteiger partial charge in [0.25, 0.3) is 0 Å². The number of aromatic nitrogens is 1. The molecule has 5 heteroatoms. The summed E-state index contributed by atoms with van der Waals surface area (Å²) < 4.78 is 10.1. The summed E-state index contributed by atoms with van der Waals surface area (Å²) in [5.41, 5.74) is 0.916. The molecule has 1 aromatic heterocycles. The van der Waals surface area contributed by atoms with Crippen LogP contribution in [0.25, 0.3) is 0 Å². The zero-order valence-corrected chi connectivity index (χ0v) is 11.0. The fourth-order valence-corrected chi connectivity index (χ4v) is 1.50. The topological polar surface area (TPSA) is 59.3 Å². The number of ether oxygens (including phenoxy) is 1. The van der Waals surface area contributed by atoms with Crippen LogP contribution < -0.4 is 10.6 Å². The van der Waals surface area contributed by atoms with E-state index in [0.29, 0.717) is 12.6 Å². The SMILES string of the molecule is CCCNCC(C)NCc1cc(COC)on1. The van der Waals surface area contributed by atoms with Crippen LogP contribution in [0.1, 0.15) is 31.7 Å². The number of hydrogen-bond donors (Lipinski definition) is 2. The van der Waals surface area contributed by atoms with Gasteiger partial charge in [-0.2, -0.15) is 0 Å². The molecule has 0 saturated heterocycles. The first-order valence-electron chi connectivity index (χ1n) is 6.13. The molecule has 5 nitrogen and oxygen atoms in total. The van der Waals surface area contributed by atoms with Gasteiger partial charge in [-0.05, 0) is 19.9 Å². The van der Waals surface area contributed by atoms with E-state index in [1.165, 1.54) is 0 Å². The third-order valence-corrected chi connectivity index (χ3v) is 2.40. The Morgan fingerprint density at radius 3 is 3.06 bits per heavy atom. The molecular weight excluding hydrogens is 218 g/mol. The van der Waals surface area contributed by atoms with Crippen molar-refractivity contribution in [3.05, 3.63) is 17.5 Å². The van der Waals surface area contributed by atoms with E-state index >= 15 is 0 Å². The van der Waals surface area contributed by atoms with Crippen LogP contribution in [0.4, 0.5) is 0 Å². The molecule has 17 heavy (non-hydrogen) atoms. The largest absolute Gasteiger partial charge is 0.377 e. The second kappa shape index (κ2) is 8.22. The van der Waals surface area contributed by atoms with Gasteiger partial charge in [0.15, 0.2) is 5.76 Å². The first-order valence-corrected chi connectivity index (χ1v) is 6.13. The summed E-state index contributed by atoms with van der Waals surface area (Å²) in [5, 5.41) is 10.7. The third kappa shape index (κ3) is 5.81. The number of nitrogens with zero attached hydrogens (tertiary/aromatic N) is 1. The van der Waals surface area contributed by atoms with Crippen LogP contribution in [0, 0.1) is 0 Å². The summed E-state index contributed by atoms with van der Waals surface area (Å²) in [6.07, 6.45) is 1.16. The van der Waals surface area contributed by atoms with Crippen molar-refractivity contribution in [1.82, 2.24) is 15.8 Å². The molecule has 1 aromatic rings. The number of hydrogen-bond acceptors (Lipinski definition) is 5. The fraction of sp³-hybridized carbons (Fsp3) is 0.750. The molecule has 1 unspecified atom stereocenters. The molecule has 0 fully saturated rings. The summed E-state index contributed by atoms with van der Waals surface area (Å²) in [5.74, 6) is 0.765. The molecule has 0 aliphatic heterocycles. The molecule has 0 radical (unpaired) electrons. The normalized spacial score (nSPS) is 12.9. The van der Waals surface area contributed by atoms with Crippen molar-refractivity contribution < 1.29 is 9.26 Å². The maximum Gasteiger partial charge on any atom is 0.162 e. The summed E-state index contributed by atoms with van der Waals surface area (Å²) >= 11 is 0. The van der Waals surface area contributed by atoms with Gasteiger partial charge >= 0.3 is 0 Å². The van der Waals surface area contributed by atoms with Crippen molar-refractivity contribution in [1.29, 1.82) is 0 Å². The molecule has 1 heterocycles. The van der Waals surface area contributed by atoms with Crippen LogP contribution in [-0.2, 0) is 17.9 Å². The van der Waals surface area contributed by atoms with E-state index in [1.807, 2.05) is 6.07 Å². The van der Waals surface area contributed by atoms with Crippen LogP contribution in [0.15, 0.2) is 10.6 Å². The fourth-order valence-electron chi connectivity index (χ4n) is 1.50. The van der Waals surface area contributed by atoms with Crippen molar-refractivity contribution in [2.24, 2.45) is 0 Å². The van der Waals surface area contributed by atoms with Gasteiger partial charge < -0.3 is 19.9 Å². The Labute approximate surface area is 103 Å². The number of methoxy groups -OCH3 is 1. The lowest BCUT2D eigenvalue weighted by Crippen LogP contribution is -2.36. The zero-order valence-electron chi connectivity index (χ0n) is 11.0. The van der Waals surface area contributed by atoms with E-state index in [9.17, 15) is 0 Å². The van der Waals surface area contributed by atoms with Crippen molar-refractivity contribution >= 4 is 0 Å². The molecule has 1 atom stereocenters. The quantitative estimate of drug-likeness (QED) is 0.638. The predicted molar refractivity (Wildman–Crippen MR) is 66.7 cm³/mol. The molecule has 0 saturated carbocycles. The monoisotopic (exact) mass is 241 g/mol. The Kier molecular flexibility index (Phi) is 6.84. The van der Waals surface area contributed by atoms with Gasteiger partial charge in [0.1, 0.15) is 6.61 Å². The highest BCUT2D eigenvalue weighted by Gasteiger charge is 2.05. The Morgan fingerprint density at radius 1 is 1.53 bits per heavy atom. The van der Waals surface area contributed by atoms with Gasteiger partial charge in [0.2, 0.25) is 0 Å². The minimum atomic E-state index is 0.420. The number of nitrogens with one attached hydrogen (secondary N) is 2. The molecule has 1 rings (SSSR count). The van der Waals surface area contributed by atoms with Crippen LogP contribution >= 0.6 is 0 Å². The molecule has 0 spiro atoms. The van der Waals surface area contributed by atoms with E-state index in [0.717, 1.165) is 37.5 Å². The van der Waals surface area contributed by atoms with Crippen LogP contribution in [-0.4, -0.2) is 31.4 Å². The van der Waals surface area contributed by atoms with E-state index < -0.39 is 0 Å². The Balaban J connectivity index is 2.19. The van der Waals surface area contributed by atoms with Crippen molar-refractivity contribution in [2.45, 2.75) is 39.5 Å². The van der Waals surface area contributed by atoms with Gasteiger partial charge in [0, 0.05) is 32.3 Å². The highest BCUT2D eigenvalue weighted by atomic mass is 16.5. The summed E-state index contributed by atoms with van der Waals surface area (Å²) in [6.45, 7) is 7.55. The average Bonchev–Trinajstić information content (AvgIpc) is 2.75. The molecule has 2 N–H and O–H groups in total. The second-order valence-corrected chi connectivity index (χ2v) is 4.20. The lowest BCUT2D eigenvalue weighted by Gasteiger charge is -2.13. The highest BCUT2D eigenvalue weighted by molar-refractivity contribution is 5.04. The van der Waals surface area contributed by atoms with Crippen molar-refractivity contribution in [3.8, 4) is 0 Å². The highest BCUT2D eigenvalue weighted by Crippen LogP contribution is 2.04. The maximum atomic E-state index is 5.11. The summed E-state index contributed by atoms with van der Waals surface area (Å²) in [7, 11) is 1.64. The first-order chi connectivity index (χ1) is 8.26. The molecule has 0 bridgehead atoms. The molecule has 0 aliphatic carbocycles. The van der Waals surface area contributed by atoms with Crippen LogP contribution in [0.5, 0.6) is 0 Å². The van der Waals surface area contributed by atoms with E-state index in [-0.39, 0.29) is 0 Å². The first kappa shape index (κ1) is 14.2. The minimum Gasteiger partial charge on any atom is -0.377 e. The van der Waals surface area contributed by atoms with Crippen LogP contribution in [0.2, 0.25) is 0 Å². The van der Waals surface area contributed by atoms with Gasteiger partial charge in [-0.3, -0.25) is 0 Å². The third-order valence-electron chi connectivity index (χ3n) is 2.40. The maximum absolute atomic E-state index is 5.11. The molecule has 0 amide bonds. The van der Waals surface area contributed by atoms with Gasteiger partial charge in [0.05, 0.1) is 5.69 Å². The average molecular weight is 241 g/mol. The van der Waals surface area contributed by atoms with E-state index in [4.69, 9.17) is 9.26 Å². The molecule has 0 aromatic carbocycles. The summed E-state index contributed by atoms with van der Waals surface area (Å²) in [6, 6.07) is 2.34. The van der Waals surface area contributed by atoms with Crippen LogP contribution in [0.3, 0.4) is 0 Å².